The van der Waals surface area contributed by atoms with Crippen molar-refractivity contribution < 1.29 is 22.7 Å². The quantitative estimate of drug-likeness (QED) is 0.788. The molecule has 0 aliphatic heterocycles. The van der Waals surface area contributed by atoms with E-state index < -0.39 is 21.8 Å². The highest BCUT2D eigenvalue weighted by Gasteiger charge is 2.22. The summed E-state index contributed by atoms with van der Waals surface area (Å²) in [5.74, 6) is -0.157. The van der Waals surface area contributed by atoms with E-state index in [4.69, 9.17) is 9.52 Å². The van der Waals surface area contributed by atoms with Gasteiger partial charge in [0.1, 0.15) is 0 Å². The Hall–Kier alpha value is -0.990. The zero-order valence-electron chi connectivity index (χ0n) is 10.0. The summed E-state index contributed by atoms with van der Waals surface area (Å²) < 4.78 is 30.9. The summed E-state index contributed by atoms with van der Waals surface area (Å²) in [6.07, 6.45) is 0. The molecule has 2 N–H and O–H groups in total. The zero-order chi connectivity index (χ0) is 13.8. The zero-order valence-corrected chi connectivity index (χ0v) is 11.7. The lowest BCUT2D eigenvalue weighted by Crippen LogP contribution is -2.34. The lowest BCUT2D eigenvalue weighted by atomic mass is 10.4. The molecule has 0 aliphatic carbocycles. The summed E-state index contributed by atoms with van der Waals surface area (Å²) in [5, 5.41) is 8.27. The third kappa shape index (κ3) is 4.04. The molecular weight excluding hydrogens is 278 g/mol. The molecule has 0 aliphatic rings. The van der Waals surface area contributed by atoms with Crippen LogP contribution in [0.3, 0.4) is 0 Å². The van der Waals surface area contributed by atoms with E-state index in [0.29, 0.717) is 5.75 Å². The van der Waals surface area contributed by atoms with Gasteiger partial charge in [-0.3, -0.25) is 0 Å². The van der Waals surface area contributed by atoms with Gasteiger partial charge in [-0.15, -0.1) is 0 Å². The van der Waals surface area contributed by atoms with Crippen molar-refractivity contribution in [3.05, 3.63) is 17.9 Å². The van der Waals surface area contributed by atoms with E-state index in [1.54, 1.807) is 18.7 Å². The molecule has 1 aromatic heterocycles. The minimum atomic E-state index is -3.80. The van der Waals surface area contributed by atoms with Gasteiger partial charge in [-0.2, -0.15) is 11.8 Å². The highest BCUT2D eigenvalue weighted by molar-refractivity contribution is 7.99. The van der Waals surface area contributed by atoms with Crippen molar-refractivity contribution in [1.29, 1.82) is 0 Å². The molecule has 1 heterocycles. The fourth-order valence-corrected chi connectivity index (χ4v) is 3.19. The topological polar surface area (TPSA) is 96.6 Å². The van der Waals surface area contributed by atoms with E-state index >= 15 is 0 Å². The van der Waals surface area contributed by atoms with Crippen LogP contribution < -0.4 is 4.72 Å². The average molecular weight is 293 g/mol. The maximum atomic E-state index is 11.8. The minimum Gasteiger partial charge on any atom is -0.475 e. The lowest BCUT2D eigenvalue weighted by Gasteiger charge is -2.11. The highest BCUT2D eigenvalue weighted by Crippen LogP contribution is 2.14. The molecule has 1 aromatic rings. The Morgan fingerprint density at radius 3 is 2.72 bits per heavy atom. The summed E-state index contributed by atoms with van der Waals surface area (Å²) in [6, 6.07) is 1.99. The number of aromatic carboxylic acids is 1. The van der Waals surface area contributed by atoms with Crippen molar-refractivity contribution >= 4 is 27.8 Å². The van der Waals surface area contributed by atoms with Crippen LogP contribution >= 0.6 is 11.8 Å². The van der Waals surface area contributed by atoms with Crippen LogP contribution in [0.25, 0.3) is 0 Å². The van der Waals surface area contributed by atoms with E-state index in [1.165, 1.54) is 0 Å². The van der Waals surface area contributed by atoms with Gasteiger partial charge in [0.25, 0.3) is 10.0 Å². The predicted molar refractivity (Wildman–Crippen MR) is 68.4 cm³/mol. The molecule has 6 nitrogen and oxygen atoms in total. The van der Waals surface area contributed by atoms with Crippen molar-refractivity contribution in [1.82, 2.24) is 4.72 Å². The number of sulfonamides is 1. The largest absolute Gasteiger partial charge is 0.475 e. The first kappa shape index (κ1) is 15.1. The standard InChI is InChI=1S/C10H15NO5S2/c1-3-17-6-7(2)11-18(14,15)9-5-4-8(16-9)10(12)13/h4-5,7,11H,3,6H2,1-2H3,(H,12,13). The van der Waals surface area contributed by atoms with Crippen LogP contribution in [0.4, 0.5) is 0 Å². The van der Waals surface area contributed by atoms with Crippen LogP contribution in [0.15, 0.2) is 21.6 Å². The first-order valence-electron chi connectivity index (χ1n) is 5.30. The lowest BCUT2D eigenvalue weighted by molar-refractivity contribution is 0.0656. The van der Waals surface area contributed by atoms with Crippen LogP contribution in [-0.2, 0) is 10.0 Å². The van der Waals surface area contributed by atoms with Crippen molar-refractivity contribution in [2.24, 2.45) is 0 Å². The number of carboxylic acid groups (broad SMARTS) is 1. The number of furan rings is 1. The minimum absolute atomic E-state index is 0.252. The van der Waals surface area contributed by atoms with Crippen LogP contribution in [0.5, 0.6) is 0 Å². The molecule has 0 saturated heterocycles. The summed E-state index contributed by atoms with van der Waals surface area (Å²) in [4.78, 5) is 10.6. The molecule has 0 saturated carbocycles. The monoisotopic (exact) mass is 293 g/mol. The van der Waals surface area contributed by atoms with Gasteiger partial charge in [0.05, 0.1) is 0 Å². The SMILES string of the molecule is CCSCC(C)NS(=O)(=O)c1ccc(C(=O)O)o1. The van der Waals surface area contributed by atoms with Gasteiger partial charge in [0.15, 0.2) is 0 Å². The van der Waals surface area contributed by atoms with Crippen molar-refractivity contribution in [3.63, 3.8) is 0 Å². The van der Waals surface area contributed by atoms with Crippen LogP contribution in [0.2, 0.25) is 0 Å². The number of nitrogens with one attached hydrogen (secondary N) is 1. The Balaban J connectivity index is 2.76. The molecule has 1 atom stereocenters. The second-order valence-corrected chi connectivity index (χ2v) is 6.57. The Labute approximate surface area is 110 Å². The molecule has 0 aromatic carbocycles. The Kier molecular flexibility index (Phi) is 5.24. The molecule has 0 spiro atoms. The van der Waals surface area contributed by atoms with E-state index in [1.807, 2.05) is 6.92 Å². The van der Waals surface area contributed by atoms with Crippen LogP contribution in [-0.4, -0.2) is 37.0 Å². The van der Waals surface area contributed by atoms with E-state index in [9.17, 15) is 13.2 Å². The summed E-state index contributed by atoms with van der Waals surface area (Å²) >= 11 is 1.61. The molecule has 18 heavy (non-hydrogen) atoms. The van der Waals surface area contributed by atoms with Gasteiger partial charge in [0, 0.05) is 11.8 Å². The smallest absolute Gasteiger partial charge is 0.371 e. The van der Waals surface area contributed by atoms with E-state index in [0.717, 1.165) is 17.9 Å². The third-order valence-electron chi connectivity index (χ3n) is 1.99. The van der Waals surface area contributed by atoms with Crippen LogP contribution in [0, 0.1) is 0 Å². The molecule has 1 rings (SSSR count). The Bertz CT molecular complexity index is 508. The number of hydrogen-bond acceptors (Lipinski definition) is 5. The van der Waals surface area contributed by atoms with Crippen LogP contribution in [0.1, 0.15) is 24.4 Å². The molecule has 1 unspecified atom stereocenters. The van der Waals surface area contributed by atoms with Gasteiger partial charge in [0.2, 0.25) is 10.9 Å². The molecule has 8 heteroatoms. The number of carbonyl (C=O) groups is 1. The first-order chi connectivity index (χ1) is 8.36. The van der Waals surface area contributed by atoms with Gasteiger partial charge in [-0.05, 0) is 24.8 Å². The van der Waals surface area contributed by atoms with Gasteiger partial charge < -0.3 is 9.52 Å². The highest BCUT2D eigenvalue weighted by atomic mass is 32.2. The number of thioether (sulfide) groups is 1. The third-order valence-corrected chi connectivity index (χ3v) is 4.59. The molecular formula is C10H15NO5S2. The van der Waals surface area contributed by atoms with Gasteiger partial charge in [-0.25, -0.2) is 17.9 Å². The Morgan fingerprint density at radius 2 is 2.22 bits per heavy atom. The van der Waals surface area contributed by atoms with E-state index in [-0.39, 0.29) is 11.1 Å². The fourth-order valence-electron chi connectivity index (χ4n) is 1.23. The maximum Gasteiger partial charge on any atom is 0.371 e. The van der Waals surface area contributed by atoms with Crippen molar-refractivity contribution in [3.8, 4) is 0 Å². The summed E-state index contributed by atoms with van der Waals surface area (Å²) in [5.41, 5.74) is 0. The normalized spacial score (nSPS) is 13.4. The average Bonchev–Trinajstić information content (AvgIpc) is 2.75. The summed E-state index contributed by atoms with van der Waals surface area (Å²) in [7, 11) is -3.80. The molecule has 0 radical (unpaired) electrons. The van der Waals surface area contributed by atoms with Gasteiger partial charge in [-0.1, -0.05) is 6.92 Å². The van der Waals surface area contributed by atoms with Gasteiger partial charge >= 0.3 is 5.97 Å². The molecule has 102 valence electrons. The van der Waals surface area contributed by atoms with Crippen molar-refractivity contribution in [2.45, 2.75) is 25.0 Å². The first-order valence-corrected chi connectivity index (χ1v) is 7.93. The fraction of sp³-hybridized carbons (Fsp3) is 0.500. The molecule has 0 bridgehead atoms. The summed E-state index contributed by atoms with van der Waals surface area (Å²) in [6.45, 7) is 3.72. The molecule has 0 fully saturated rings. The second kappa shape index (κ2) is 6.26. The second-order valence-electron chi connectivity index (χ2n) is 3.61. The molecule has 0 amide bonds. The van der Waals surface area contributed by atoms with Crippen molar-refractivity contribution in [2.75, 3.05) is 11.5 Å². The Morgan fingerprint density at radius 1 is 1.56 bits per heavy atom. The number of rotatable bonds is 7. The van der Waals surface area contributed by atoms with E-state index in [2.05, 4.69) is 4.72 Å². The predicted octanol–water partition coefficient (Wildman–Crippen LogP) is 1.40. The number of carboxylic acids is 1. The maximum absolute atomic E-state index is 11.8. The number of hydrogen-bond donors (Lipinski definition) is 2.